The zero-order valence-electron chi connectivity index (χ0n) is 20.8. The molecule has 1 heterocycles. The maximum absolute atomic E-state index is 10.4. The molecule has 0 atom stereocenters. The van der Waals surface area contributed by atoms with E-state index in [9.17, 15) is 5.11 Å². The van der Waals surface area contributed by atoms with E-state index >= 15 is 0 Å². The summed E-state index contributed by atoms with van der Waals surface area (Å²) in [4.78, 5) is 0. The van der Waals surface area contributed by atoms with Crippen LogP contribution in [-0.2, 0) is 0 Å². The highest BCUT2D eigenvalue weighted by atomic mass is 28.4. The van der Waals surface area contributed by atoms with Gasteiger partial charge in [-0.25, -0.2) is 0 Å². The van der Waals surface area contributed by atoms with E-state index in [1.54, 1.807) is 6.07 Å². The van der Waals surface area contributed by atoms with Gasteiger partial charge in [-0.2, -0.15) is 0 Å². The average Bonchev–Trinajstić information content (AvgIpc) is 2.69. The van der Waals surface area contributed by atoms with Gasteiger partial charge in [-0.15, -0.1) is 0 Å². The molecule has 172 valence electrons. The Kier molecular flexibility index (Phi) is 6.94. The van der Waals surface area contributed by atoms with Gasteiger partial charge in [0.2, 0.25) is 0 Å². The third kappa shape index (κ3) is 4.96. The Morgan fingerprint density at radius 3 is 2.00 bits per heavy atom. The number of phenols is 1. The van der Waals surface area contributed by atoms with Gasteiger partial charge in [0.25, 0.3) is 8.32 Å². The molecule has 1 aliphatic rings. The molecule has 0 aliphatic carbocycles. The van der Waals surface area contributed by atoms with Gasteiger partial charge in [-0.1, -0.05) is 65.8 Å². The molecule has 0 unspecified atom stereocenters. The predicted molar refractivity (Wildman–Crippen MR) is 139 cm³/mol. The Balaban J connectivity index is 1.79. The van der Waals surface area contributed by atoms with Gasteiger partial charge in [0.05, 0.1) is 5.56 Å². The molecule has 2 aromatic rings. The van der Waals surface area contributed by atoms with Crippen molar-refractivity contribution in [2.75, 3.05) is 0 Å². The topological polar surface area (TPSA) is 38.7 Å². The Morgan fingerprint density at radius 2 is 1.44 bits per heavy atom. The number of phenolic OH excluding ortho intramolecular Hbond substituents is 1. The Bertz CT molecular complexity index is 976. The van der Waals surface area contributed by atoms with Gasteiger partial charge in [-0.3, -0.25) is 0 Å². The summed E-state index contributed by atoms with van der Waals surface area (Å²) in [5, 5.41) is 10.4. The molecule has 0 radical (unpaired) electrons. The molecule has 0 saturated carbocycles. The lowest BCUT2D eigenvalue weighted by Gasteiger charge is -2.42. The number of ether oxygens (including phenoxy) is 1. The third-order valence-corrected chi connectivity index (χ3v) is 12.5. The summed E-state index contributed by atoms with van der Waals surface area (Å²) >= 11 is 0. The minimum Gasteiger partial charge on any atom is -0.543 e. The SMILES string of the molecule is CC(C)[Si](Oc1ccc(/C=C/c2cc(O)c3c(c2)OC(C)(C)C=C3)cc1)(C(C)C)C(C)C. The molecule has 3 nitrogen and oxygen atoms in total. The van der Waals surface area contributed by atoms with Crippen LogP contribution >= 0.6 is 0 Å². The number of rotatable bonds is 7. The van der Waals surface area contributed by atoms with E-state index in [2.05, 4.69) is 65.8 Å². The van der Waals surface area contributed by atoms with Crippen molar-refractivity contribution in [1.29, 1.82) is 0 Å². The van der Waals surface area contributed by atoms with Crippen LogP contribution in [0.4, 0.5) is 0 Å². The first kappa shape index (κ1) is 24.2. The van der Waals surface area contributed by atoms with Crippen LogP contribution in [0.5, 0.6) is 17.2 Å². The van der Waals surface area contributed by atoms with Crippen LogP contribution in [-0.4, -0.2) is 19.0 Å². The molecule has 32 heavy (non-hydrogen) atoms. The lowest BCUT2D eigenvalue weighted by molar-refractivity contribution is 0.158. The highest BCUT2D eigenvalue weighted by molar-refractivity contribution is 6.78. The van der Waals surface area contributed by atoms with Crippen molar-refractivity contribution in [2.45, 2.75) is 77.6 Å². The lowest BCUT2D eigenvalue weighted by atomic mass is 10.00. The lowest BCUT2D eigenvalue weighted by Crippen LogP contribution is -2.50. The van der Waals surface area contributed by atoms with Crippen LogP contribution < -0.4 is 9.16 Å². The summed E-state index contributed by atoms with van der Waals surface area (Å²) in [6.45, 7) is 17.8. The maximum Gasteiger partial charge on any atom is 0.258 e. The van der Waals surface area contributed by atoms with Crippen molar-refractivity contribution in [2.24, 2.45) is 0 Å². The molecule has 3 rings (SSSR count). The van der Waals surface area contributed by atoms with Gasteiger partial charge in [0.15, 0.2) is 0 Å². The largest absolute Gasteiger partial charge is 0.543 e. The molecule has 0 fully saturated rings. The first-order valence-corrected chi connectivity index (χ1v) is 13.8. The summed E-state index contributed by atoms with van der Waals surface area (Å²) in [5.74, 6) is 1.90. The van der Waals surface area contributed by atoms with Crippen LogP contribution in [0.1, 0.15) is 72.1 Å². The molecule has 0 amide bonds. The van der Waals surface area contributed by atoms with Crippen LogP contribution in [0.25, 0.3) is 18.2 Å². The van der Waals surface area contributed by atoms with Gasteiger partial charge < -0.3 is 14.3 Å². The number of fused-ring (bicyclic) bond motifs is 1. The first-order valence-electron chi connectivity index (χ1n) is 11.7. The van der Waals surface area contributed by atoms with Gasteiger partial charge in [0.1, 0.15) is 22.8 Å². The standard InChI is InChI=1S/C28H38O3Si/c1-19(2)32(20(3)4,21(5)6)31-24-13-11-22(12-14-24)9-10-23-17-26(29)25-15-16-28(7,8)30-27(25)18-23/h9-21,29H,1-8H3/b10-9+. The second-order valence-corrected chi connectivity index (χ2v) is 15.7. The van der Waals surface area contributed by atoms with Crippen molar-refractivity contribution >= 4 is 26.5 Å². The molecule has 0 spiro atoms. The van der Waals surface area contributed by atoms with E-state index in [0.29, 0.717) is 22.4 Å². The average molecular weight is 451 g/mol. The Hall–Kier alpha value is -2.46. The van der Waals surface area contributed by atoms with E-state index in [4.69, 9.17) is 9.16 Å². The van der Waals surface area contributed by atoms with Gasteiger partial charge >= 0.3 is 0 Å². The zero-order chi connectivity index (χ0) is 23.7. The second kappa shape index (κ2) is 9.19. The molecule has 4 heteroatoms. The number of benzene rings is 2. The molecule has 0 bridgehead atoms. The van der Waals surface area contributed by atoms with Crippen molar-refractivity contribution in [1.82, 2.24) is 0 Å². The Morgan fingerprint density at radius 1 is 0.875 bits per heavy atom. The number of aromatic hydroxyl groups is 1. The summed E-state index contributed by atoms with van der Waals surface area (Å²) in [6, 6.07) is 12.1. The van der Waals surface area contributed by atoms with E-state index in [0.717, 1.165) is 22.4 Å². The fraction of sp³-hybridized carbons (Fsp3) is 0.429. The van der Waals surface area contributed by atoms with Crippen molar-refractivity contribution < 1.29 is 14.3 Å². The second-order valence-electron chi connectivity index (χ2n) is 10.3. The smallest absolute Gasteiger partial charge is 0.258 e. The first-order chi connectivity index (χ1) is 14.9. The summed E-state index contributed by atoms with van der Waals surface area (Å²) in [6.07, 6.45) is 7.94. The molecule has 0 saturated heterocycles. The van der Waals surface area contributed by atoms with Crippen LogP contribution in [0, 0.1) is 0 Å². The minimum absolute atomic E-state index is 0.231. The van der Waals surface area contributed by atoms with Crippen molar-refractivity contribution in [3.8, 4) is 17.2 Å². The van der Waals surface area contributed by atoms with E-state index in [1.807, 2.05) is 44.2 Å². The van der Waals surface area contributed by atoms with E-state index in [-0.39, 0.29) is 11.4 Å². The van der Waals surface area contributed by atoms with E-state index < -0.39 is 8.32 Å². The minimum atomic E-state index is -1.95. The summed E-state index contributed by atoms with van der Waals surface area (Å²) in [7, 11) is -1.95. The fourth-order valence-electron chi connectivity index (χ4n) is 4.98. The summed E-state index contributed by atoms with van der Waals surface area (Å²) in [5.41, 5.74) is 3.97. The van der Waals surface area contributed by atoms with Crippen LogP contribution in [0.2, 0.25) is 16.6 Å². The molecular weight excluding hydrogens is 412 g/mol. The zero-order valence-corrected chi connectivity index (χ0v) is 21.8. The van der Waals surface area contributed by atoms with Crippen molar-refractivity contribution in [3.63, 3.8) is 0 Å². The molecule has 2 aromatic carbocycles. The quantitative estimate of drug-likeness (QED) is 0.340. The molecule has 1 N–H and O–H groups in total. The number of hydrogen-bond acceptors (Lipinski definition) is 3. The monoisotopic (exact) mass is 450 g/mol. The number of hydrogen-bond donors (Lipinski definition) is 1. The highest BCUT2D eigenvalue weighted by Crippen LogP contribution is 2.43. The highest BCUT2D eigenvalue weighted by Gasteiger charge is 2.46. The molecule has 1 aliphatic heterocycles. The Labute approximate surface area is 194 Å². The molecule has 0 aromatic heterocycles. The van der Waals surface area contributed by atoms with Crippen LogP contribution in [0.3, 0.4) is 0 Å². The van der Waals surface area contributed by atoms with Gasteiger partial charge in [0, 0.05) is 0 Å². The maximum atomic E-state index is 10.4. The van der Waals surface area contributed by atoms with Crippen LogP contribution in [0.15, 0.2) is 42.5 Å². The van der Waals surface area contributed by atoms with Crippen molar-refractivity contribution in [3.05, 3.63) is 59.2 Å². The predicted octanol–water partition coefficient (Wildman–Crippen LogP) is 8.30. The van der Waals surface area contributed by atoms with Gasteiger partial charge in [-0.05, 0) is 78.0 Å². The third-order valence-electron chi connectivity index (χ3n) is 6.52. The summed E-state index contributed by atoms with van der Waals surface area (Å²) < 4.78 is 12.8. The normalized spacial score (nSPS) is 15.5. The molecular formula is C28H38O3Si. The van der Waals surface area contributed by atoms with E-state index in [1.165, 1.54) is 0 Å². The fourth-order valence-corrected chi connectivity index (χ4v) is 10.2.